The maximum atomic E-state index is 12.6. The third-order valence-electron chi connectivity index (χ3n) is 7.11. The fourth-order valence-electron chi connectivity index (χ4n) is 5.44. The molecule has 174 valence electrons. The Morgan fingerprint density at radius 2 is 1.85 bits per heavy atom. The molecule has 0 radical (unpaired) electrons. The highest BCUT2D eigenvalue weighted by molar-refractivity contribution is 7.89. The zero-order valence-electron chi connectivity index (χ0n) is 19.2. The molecule has 5 rings (SSSR count). The van der Waals surface area contributed by atoms with E-state index in [2.05, 4.69) is 63.1 Å². The Bertz CT molecular complexity index is 1200. The number of nitrogens with zero attached hydrogens (tertiary/aromatic N) is 3. The first kappa shape index (κ1) is 22.3. The van der Waals surface area contributed by atoms with Gasteiger partial charge < -0.3 is 4.57 Å². The number of benzene rings is 2. The molecule has 2 unspecified atom stereocenters. The van der Waals surface area contributed by atoms with Crippen LogP contribution in [0.2, 0.25) is 0 Å². The molecule has 2 atom stereocenters. The zero-order valence-corrected chi connectivity index (χ0v) is 20.0. The lowest BCUT2D eigenvalue weighted by Crippen LogP contribution is -2.41. The van der Waals surface area contributed by atoms with E-state index in [1.54, 1.807) is 11.6 Å². The topological polar surface area (TPSA) is 67.2 Å². The van der Waals surface area contributed by atoms with Crippen molar-refractivity contribution in [3.05, 3.63) is 83.3 Å². The summed E-state index contributed by atoms with van der Waals surface area (Å²) in [5.41, 5.74) is 5.15. The summed E-state index contributed by atoms with van der Waals surface area (Å²) in [6.45, 7) is 2.64. The number of likely N-dealkylation sites (tertiary alicyclic amines) is 1. The van der Waals surface area contributed by atoms with Crippen molar-refractivity contribution in [3.8, 4) is 0 Å². The molecule has 0 amide bonds. The molecule has 1 aromatic heterocycles. The lowest BCUT2D eigenvalue weighted by atomic mass is 9.75. The highest BCUT2D eigenvalue weighted by Crippen LogP contribution is 2.39. The molecule has 7 heteroatoms. The summed E-state index contributed by atoms with van der Waals surface area (Å²) in [6, 6.07) is 17.8. The van der Waals surface area contributed by atoms with Crippen LogP contribution >= 0.6 is 0 Å². The van der Waals surface area contributed by atoms with Gasteiger partial charge in [-0.25, -0.2) is 18.1 Å². The first-order valence-electron chi connectivity index (χ1n) is 11.9. The molecule has 2 aliphatic rings. The molecular weight excluding hydrogens is 432 g/mol. The van der Waals surface area contributed by atoms with Crippen molar-refractivity contribution in [2.75, 3.05) is 13.1 Å². The molecule has 2 heterocycles. The standard InChI is InChI=1S/C26H32N4O2S/c1-29-18-26(27-19-29)33(31,32)28-17-21-9-10-22-11-12-25(30-13-5-6-14-30)24(23(22)16-21)15-20-7-3-2-4-8-20/h2-4,7-10,16,18-19,24-25,28H,5-6,11-15,17H2,1H3. The average Bonchev–Trinajstić information content (AvgIpc) is 3.51. The van der Waals surface area contributed by atoms with Crippen LogP contribution in [0.1, 0.15) is 47.4 Å². The van der Waals surface area contributed by atoms with Crippen LogP contribution in [0.3, 0.4) is 0 Å². The minimum absolute atomic E-state index is 0.0546. The fraction of sp³-hybridized carbons (Fsp3) is 0.423. The molecule has 3 aromatic rings. The van der Waals surface area contributed by atoms with E-state index in [-0.39, 0.29) is 11.6 Å². The van der Waals surface area contributed by atoms with Crippen LogP contribution in [0.5, 0.6) is 0 Å². The van der Waals surface area contributed by atoms with Gasteiger partial charge >= 0.3 is 0 Å². The van der Waals surface area contributed by atoms with Crippen LogP contribution in [-0.2, 0) is 36.5 Å². The van der Waals surface area contributed by atoms with E-state index >= 15 is 0 Å². The second-order valence-electron chi connectivity index (χ2n) is 9.38. The molecule has 6 nitrogen and oxygen atoms in total. The van der Waals surface area contributed by atoms with Crippen LogP contribution in [0, 0.1) is 0 Å². The fourth-order valence-corrected chi connectivity index (χ4v) is 6.44. The Balaban J connectivity index is 1.41. The highest BCUT2D eigenvalue weighted by atomic mass is 32.2. The third-order valence-corrected chi connectivity index (χ3v) is 8.40. The van der Waals surface area contributed by atoms with E-state index in [0.29, 0.717) is 12.0 Å². The SMILES string of the molecule is Cn1cnc(S(=O)(=O)NCc2ccc3c(c2)C(Cc2ccccc2)C(N2CCCC2)CC3)c1. The van der Waals surface area contributed by atoms with Crippen molar-refractivity contribution in [2.45, 2.75) is 55.6 Å². The van der Waals surface area contributed by atoms with E-state index in [0.717, 1.165) is 18.4 Å². The van der Waals surface area contributed by atoms with Gasteiger partial charge in [-0.2, -0.15) is 0 Å². The van der Waals surface area contributed by atoms with Crippen molar-refractivity contribution >= 4 is 10.0 Å². The number of fused-ring (bicyclic) bond motifs is 1. The van der Waals surface area contributed by atoms with Crippen molar-refractivity contribution in [2.24, 2.45) is 7.05 Å². The predicted octanol–water partition coefficient (Wildman–Crippen LogP) is 3.64. The second-order valence-corrected chi connectivity index (χ2v) is 11.1. The summed E-state index contributed by atoms with van der Waals surface area (Å²) in [4.78, 5) is 6.68. The first-order valence-corrected chi connectivity index (χ1v) is 13.4. The molecule has 1 aliphatic carbocycles. The van der Waals surface area contributed by atoms with Crippen molar-refractivity contribution in [1.29, 1.82) is 0 Å². The molecule has 2 aromatic carbocycles. The number of hydrogen-bond donors (Lipinski definition) is 1. The number of rotatable bonds is 7. The number of sulfonamides is 1. The molecule has 33 heavy (non-hydrogen) atoms. The summed E-state index contributed by atoms with van der Waals surface area (Å²) in [6.07, 6.45) is 8.88. The predicted molar refractivity (Wildman–Crippen MR) is 129 cm³/mol. The van der Waals surface area contributed by atoms with Gasteiger partial charge in [-0.1, -0.05) is 48.5 Å². The van der Waals surface area contributed by atoms with Crippen LogP contribution < -0.4 is 4.72 Å². The van der Waals surface area contributed by atoms with E-state index in [4.69, 9.17) is 0 Å². The van der Waals surface area contributed by atoms with Crippen LogP contribution in [-0.4, -0.2) is 42.0 Å². The number of aromatic nitrogens is 2. The summed E-state index contributed by atoms with van der Waals surface area (Å²) >= 11 is 0. The zero-order chi connectivity index (χ0) is 22.8. The summed E-state index contributed by atoms with van der Waals surface area (Å²) in [5, 5.41) is 0.0546. The van der Waals surface area contributed by atoms with Gasteiger partial charge in [0.05, 0.1) is 6.33 Å². The number of imidazole rings is 1. The maximum absolute atomic E-state index is 12.6. The molecule has 1 aliphatic heterocycles. The average molecular weight is 465 g/mol. The smallest absolute Gasteiger partial charge is 0.259 e. The normalized spacial score (nSPS) is 21.2. The summed E-state index contributed by atoms with van der Waals surface area (Å²) in [7, 11) is -1.87. The lowest BCUT2D eigenvalue weighted by Gasteiger charge is -2.40. The molecule has 0 spiro atoms. The van der Waals surface area contributed by atoms with Gasteiger partial charge in [0.1, 0.15) is 0 Å². The van der Waals surface area contributed by atoms with Crippen LogP contribution in [0.15, 0.2) is 66.1 Å². The Morgan fingerprint density at radius 1 is 1.06 bits per heavy atom. The van der Waals surface area contributed by atoms with Gasteiger partial charge in [-0.05, 0) is 67.4 Å². The molecule has 1 N–H and O–H groups in total. The Hall–Kier alpha value is -2.48. The van der Waals surface area contributed by atoms with E-state index in [1.165, 1.54) is 61.6 Å². The van der Waals surface area contributed by atoms with Gasteiger partial charge in [-0.15, -0.1) is 0 Å². The first-order chi connectivity index (χ1) is 16.0. The monoisotopic (exact) mass is 464 g/mol. The number of aryl methyl sites for hydroxylation is 2. The Kier molecular flexibility index (Phi) is 6.36. The van der Waals surface area contributed by atoms with Crippen molar-refractivity contribution < 1.29 is 8.42 Å². The van der Waals surface area contributed by atoms with E-state index in [1.807, 2.05) is 0 Å². The van der Waals surface area contributed by atoms with Crippen molar-refractivity contribution in [1.82, 2.24) is 19.2 Å². The summed E-state index contributed by atoms with van der Waals surface area (Å²) < 4.78 is 29.7. The molecule has 1 fully saturated rings. The van der Waals surface area contributed by atoms with Gasteiger partial charge in [-0.3, -0.25) is 4.90 Å². The Labute approximate surface area is 196 Å². The molecule has 0 saturated carbocycles. The minimum Gasteiger partial charge on any atom is -0.339 e. The summed E-state index contributed by atoms with van der Waals surface area (Å²) in [5.74, 6) is 0.418. The number of nitrogens with one attached hydrogen (secondary N) is 1. The maximum Gasteiger partial charge on any atom is 0.259 e. The molecule has 0 bridgehead atoms. The third kappa shape index (κ3) is 4.90. The van der Waals surface area contributed by atoms with Crippen LogP contribution in [0.4, 0.5) is 0 Å². The van der Waals surface area contributed by atoms with Crippen molar-refractivity contribution in [3.63, 3.8) is 0 Å². The molecule has 1 saturated heterocycles. The Morgan fingerprint density at radius 3 is 2.58 bits per heavy atom. The second kappa shape index (κ2) is 9.41. The lowest BCUT2D eigenvalue weighted by molar-refractivity contribution is 0.188. The van der Waals surface area contributed by atoms with Gasteiger partial charge in [0.2, 0.25) is 0 Å². The molecular formula is C26H32N4O2S. The van der Waals surface area contributed by atoms with Crippen LogP contribution in [0.25, 0.3) is 0 Å². The van der Waals surface area contributed by atoms with Gasteiger partial charge in [0, 0.05) is 31.7 Å². The van der Waals surface area contributed by atoms with E-state index < -0.39 is 10.0 Å². The van der Waals surface area contributed by atoms with Gasteiger partial charge in [0.15, 0.2) is 5.03 Å². The van der Waals surface area contributed by atoms with Gasteiger partial charge in [0.25, 0.3) is 10.0 Å². The number of hydrogen-bond acceptors (Lipinski definition) is 4. The van der Waals surface area contributed by atoms with E-state index in [9.17, 15) is 8.42 Å². The highest BCUT2D eigenvalue weighted by Gasteiger charge is 2.34. The quantitative estimate of drug-likeness (QED) is 0.580. The largest absolute Gasteiger partial charge is 0.339 e. The minimum atomic E-state index is -3.64.